The van der Waals surface area contributed by atoms with Gasteiger partial charge in [0.1, 0.15) is 11.5 Å². The predicted molar refractivity (Wildman–Crippen MR) is 116 cm³/mol. The molecule has 146 valence electrons. The van der Waals surface area contributed by atoms with Gasteiger partial charge >= 0.3 is 0 Å². The Balaban J connectivity index is 2.11. The number of allylic oxidation sites excluding steroid dienone is 1. The molecule has 3 nitrogen and oxygen atoms in total. The molecule has 0 saturated heterocycles. The van der Waals surface area contributed by atoms with Crippen LogP contribution in [-0.4, -0.2) is 23.8 Å². The minimum absolute atomic E-state index is 0.513. The van der Waals surface area contributed by atoms with Gasteiger partial charge in [0.25, 0.3) is 0 Å². The number of nitrogens with zero attached hydrogens (tertiary/aromatic N) is 1. The molecule has 0 aliphatic rings. The van der Waals surface area contributed by atoms with E-state index >= 15 is 0 Å². The van der Waals surface area contributed by atoms with E-state index in [2.05, 4.69) is 49.0 Å². The zero-order valence-electron chi connectivity index (χ0n) is 16.9. The fraction of sp³-hybridized carbons (Fsp3) is 0.391. The first-order valence-electron chi connectivity index (χ1n) is 9.34. The first kappa shape index (κ1) is 21.4. The molecule has 0 fully saturated rings. The average Bonchev–Trinajstić information content (AvgIpc) is 2.69. The first-order valence-corrected chi connectivity index (χ1v) is 10.2. The average molecular weight is 386 g/mol. The van der Waals surface area contributed by atoms with Gasteiger partial charge in [-0.05, 0) is 47.7 Å². The van der Waals surface area contributed by atoms with E-state index in [0.717, 1.165) is 31.0 Å². The van der Waals surface area contributed by atoms with E-state index < -0.39 is 0 Å². The molecule has 2 atom stereocenters. The van der Waals surface area contributed by atoms with Crippen LogP contribution in [0.25, 0.3) is 0 Å². The summed E-state index contributed by atoms with van der Waals surface area (Å²) in [6.45, 7) is 10.2. The molecule has 4 heteroatoms. The number of benzene rings is 2. The van der Waals surface area contributed by atoms with E-state index in [1.807, 2.05) is 42.3 Å². The summed E-state index contributed by atoms with van der Waals surface area (Å²) < 4.78 is 13.0. The molecule has 0 N–H and O–H groups in total. The lowest BCUT2D eigenvalue weighted by atomic mass is 10.1. The SMILES string of the molecule is C=CC[C@@H](C)C(C)SN(Cc1ccc(OC)cc1)Cc1ccc(OC)cc1. The second-order valence-electron chi connectivity index (χ2n) is 6.81. The van der Waals surface area contributed by atoms with E-state index in [-0.39, 0.29) is 0 Å². The summed E-state index contributed by atoms with van der Waals surface area (Å²) in [6.07, 6.45) is 3.05. The van der Waals surface area contributed by atoms with Gasteiger partial charge in [0.05, 0.1) is 14.2 Å². The zero-order chi connectivity index (χ0) is 19.6. The molecular formula is C23H31NO2S. The minimum atomic E-state index is 0.513. The molecule has 27 heavy (non-hydrogen) atoms. The molecule has 2 aromatic rings. The van der Waals surface area contributed by atoms with Crippen molar-refractivity contribution in [1.29, 1.82) is 0 Å². The molecule has 0 aromatic heterocycles. The lowest BCUT2D eigenvalue weighted by Crippen LogP contribution is -2.21. The van der Waals surface area contributed by atoms with Crippen molar-refractivity contribution >= 4 is 11.9 Å². The third kappa shape index (κ3) is 6.96. The normalized spacial score (nSPS) is 13.2. The van der Waals surface area contributed by atoms with Gasteiger partial charge in [-0.15, -0.1) is 6.58 Å². The minimum Gasteiger partial charge on any atom is -0.497 e. The topological polar surface area (TPSA) is 21.7 Å². The highest BCUT2D eigenvalue weighted by Crippen LogP contribution is 2.29. The van der Waals surface area contributed by atoms with Crippen molar-refractivity contribution in [2.45, 2.75) is 38.6 Å². The van der Waals surface area contributed by atoms with E-state index in [4.69, 9.17) is 9.47 Å². The van der Waals surface area contributed by atoms with Gasteiger partial charge < -0.3 is 9.47 Å². The summed E-state index contributed by atoms with van der Waals surface area (Å²) in [7, 11) is 3.40. The van der Waals surface area contributed by atoms with Crippen LogP contribution in [0.5, 0.6) is 11.5 Å². The van der Waals surface area contributed by atoms with Crippen molar-refractivity contribution in [1.82, 2.24) is 4.31 Å². The van der Waals surface area contributed by atoms with Gasteiger partial charge in [-0.3, -0.25) is 0 Å². The van der Waals surface area contributed by atoms with Crippen LogP contribution in [0.3, 0.4) is 0 Å². The van der Waals surface area contributed by atoms with Gasteiger partial charge in [0, 0.05) is 18.3 Å². The van der Waals surface area contributed by atoms with Crippen LogP contribution >= 0.6 is 11.9 Å². The third-order valence-corrected chi connectivity index (χ3v) is 6.04. The van der Waals surface area contributed by atoms with Crippen LogP contribution in [0.2, 0.25) is 0 Å². The van der Waals surface area contributed by atoms with Crippen LogP contribution in [0.1, 0.15) is 31.4 Å². The number of hydrogen-bond acceptors (Lipinski definition) is 4. The predicted octanol–water partition coefficient (Wildman–Crippen LogP) is 5.95. The number of methoxy groups -OCH3 is 2. The molecule has 0 amide bonds. The van der Waals surface area contributed by atoms with E-state index in [1.165, 1.54) is 11.1 Å². The Hall–Kier alpha value is -1.91. The fourth-order valence-corrected chi connectivity index (χ4v) is 4.03. The van der Waals surface area contributed by atoms with Gasteiger partial charge in [-0.25, -0.2) is 4.31 Å². The van der Waals surface area contributed by atoms with Crippen LogP contribution in [0, 0.1) is 5.92 Å². The molecule has 0 aliphatic heterocycles. The highest BCUT2D eigenvalue weighted by atomic mass is 32.2. The summed E-state index contributed by atoms with van der Waals surface area (Å²) in [5.41, 5.74) is 2.56. The van der Waals surface area contributed by atoms with Crippen molar-refractivity contribution in [3.63, 3.8) is 0 Å². The second kappa shape index (κ2) is 11.1. The van der Waals surface area contributed by atoms with Gasteiger partial charge in [-0.2, -0.15) is 0 Å². The van der Waals surface area contributed by atoms with E-state index in [1.54, 1.807) is 14.2 Å². The Morgan fingerprint density at radius 1 is 0.889 bits per heavy atom. The summed E-state index contributed by atoms with van der Waals surface area (Å²) in [4.78, 5) is 0. The molecule has 0 saturated carbocycles. The molecule has 2 rings (SSSR count). The summed E-state index contributed by atoms with van der Waals surface area (Å²) in [5, 5.41) is 0.513. The van der Waals surface area contributed by atoms with Crippen LogP contribution in [-0.2, 0) is 13.1 Å². The van der Waals surface area contributed by atoms with E-state index in [9.17, 15) is 0 Å². The lowest BCUT2D eigenvalue weighted by Gasteiger charge is -2.28. The quantitative estimate of drug-likeness (QED) is 0.352. The second-order valence-corrected chi connectivity index (χ2v) is 8.28. The van der Waals surface area contributed by atoms with E-state index in [0.29, 0.717) is 11.2 Å². The van der Waals surface area contributed by atoms with Crippen LogP contribution < -0.4 is 9.47 Å². The maximum atomic E-state index is 5.27. The monoisotopic (exact) mass is 385 g/mol. The van der Waals surface area contributed by atoms with Gasteiger partial charge in [0.2, 0.25) is 0 Å². The summed E-state index contributed by atoms with van der Waals surface area (Å²) >= 11 is 1.93. The molecule has 0 radical (unpaired) electrons. The molecule has 0 aliphatic carbocycles. The highest BCUT2D eigenvalue weighted by molar-refractivity contribution is 7.97. The van der Waals surface area contributed by atoms with Crippen molar-refractivity contribution in [3.05, 3.63) is 72.3 Å². The number of hydrogen-bond donors (Lipinski definition) is 0. The van der Waals surface area contributed by atoms with Crippen molar-refractivity contribution in [2.75, 3.05) is 14.2 Å². The van der Waals surface area contributed by atoms with Gasteiger partial charge in [-0.1, -0.05) is 56.1 Å². The van der Waals surface area contributed by atoms with Crippen molar-refractivity contribution < 1.29 is 9.47 Å². The molecule has 0 spiro atoms. The van der Waals surface area contributed by atoms with Crippen LogP contribution in [0.15, 0.2) is 61.2 Å². The Morgan fingerprint density at radius 3 is 1.70 bits per heavy atom. The molecule has 0 bridgehead atoms. The Bertz CT molecular complexity index is 635. The molecule has 1 unspecified atom stereocenters. The number of ether oxygens (including phenoxy) is 2. The smallest absolute Gasteiger partial charge is 0.118 e. The lowest BCUT2D eigenvalue weighted by molar-refractivity contribution is 0.412. The van der Waals surface area contributed by atoms with Crippen molar-refractivity contribution in [3.8, 4) is 11.5 Å². The van der Waals surface area contributed by atoms with Gasteiger partial charge in [0.15, 0.2) is 0 Å². The highest BCUT2D eigenvalue weighted by Gasteiger charge is 2.17. The fourth-order valence-electron chi connectivity index (χ4n) is 2.79. The first-order chi connectivity index (χ1) is 13.0. The van der Waals surface area contributed by atoms with Crippen LogP contribution in [0.4, 0.5) is 0 Å². The Labute approximate surface area is 168 Å². The number of rotatable bonds is 11. The zero-order valence-corrected chi connectivity index (χ0v) is 17.7. The molecule has 2 aromatic carbocycles. The Morgan fingerprint density at radius 2 is 1.33 bits per heavy atom. The standard InChI is InChI=1S/C23H31NO2S/c1-6-7-18(2)19(3)27-24(16-20-8-12-22(25-4)13-9-20)17-21-10-14-23(26-5)15-11-21/h6,8-15,18-19H,1,7,16-17H2,2-5H3/t18-,19?/m1/s1. The third-order valence-electron chi connectivity index (χ3n) is 4.69. The maximum Gasteiger partial charge on any atom is 0.118 e. The van der Waals surface area contributed by atoms with Crippen molar-refractivity contribution in [2.24, 2.45) is 5.92 Å². The maximum absolute atomic E-state index is 5.27. The molecule has 0 heterocycles. The summed E-state index contributed by atoms with van der Waals surface area (Å²) in [6, 6.07) is 16.6. The molecular weight excluding hydrogens is 354 g/mol. The summed E-state index contributed by atoms with van der Waals surface area (Å²) in [5.74, 6) is 2.36. The Kier molecular flexibility index (Phi) is 8.76. The largest absolute Gasteiger partial charge is 0.497 e.